The van der Waals surface area contributed by atoms with Crippen molar-refractivity contribution < 1.29 is 14.7 Å². The average molecular weight is 292 g/mol. The molecule has 0 saturated carbocycles. The zero-order valence-electron chi connectivity index (χ0n) is 10.9. The number of allylic oxidation sites excluding steroid dienone is 2. The van der Waals surface area contributed by atoms with Crippen LogP contribution in [0.15, 0.2) is 30.4 Å². The van der Waals surface area contributed by atoms with E-state index in [1.807, 2.05) is 19.1 Å². The molecule has 2 amide bonds. The summed E-state index contributed by atoms with van der Waals surface area (Å²) in [5.41, 5.74) is 0.214. The molecule has 1 N–H and O–H groups in total. The molecule has 4 nitrogen and oxygen atoms in total. The lowest BCUT2D eigenvalue weighted by Crippen LogP contribution is -2.31. The summed E-state index contributed by atoms with van der Waals surface area (Å²) in [5.74, 6) is -1.26. The van der Waals surface area contributed by atoms with Crippen LogP contribution >= 0.6 is 11.6 Å². The van der Waals surface area contributed by atoms with Crippen LogP contribution in [0.25, 0.3) is 0 Å². The van der Waals surface area contributed by atoms with E-state index >= 15 is 0 Å². The maximum Gasteiger partial charge on any atom is 0.238 e. The van der Waals surface area contributed by atoms with Crippen LogP contribution in [0.1, 0.15) is 13.3 Å². The fourth-order valence-electron chi connectivity index (χ4n) is 3.07. The average Bonchev–Trinajstić information content (AvgIpc) is 2.64. The number of benzene rings is 1. The Bertz CT molecular complexity index is 626. The number of phenolic OH excluding ortho intramolecular Hbond substituents is 1. The Morgan fingerprint density at radius 3 is 2.70 bits per heavy atom. The number of rotatable bonds is 1. The Balaban J connectivity index is 2.03. The highest BCUT2D eigenvalue weighted by molar-refractivity contribution is 6.31. The second-order valence-electron chi connectivity index (χ2n) is 5.30. The van der Waals surface area contributed by atoms with Gasteiger partial charge in [0.1, 0.15) is 5.75 Å². The lowest BCUT2D eigenvalue weighted by molar-refractivity contribution is -0.122. The summed E-state index contributed by atoms with van der Waals surface area (Å²) in [6, 6.07) is 4.39. The van der Waals surface area contributed by atoms with Gasteiger partial charge in [-0.3, -0.25) is 9.59 Å². The molecule has 1 heterocycles. The van der Waals surface area contributed by atoms with Crippen LogP contribution in [0.4, 0.5) is 5.69 Å². The third kappa shape index (κ3) is 1.83. The molecule has 0 aromatic heterocycles. The summed E-state index contributed by atoms with van der Waals surface area (Å²) in [6.07, 6.45) is 4.49. The van der Waals surface area contributed by atoms with Gasteiger partial charge in [0.05, 0.1) is 17.5 Å². The standard InChI is InChI=1S/C15H14ClNO3/c1-8-3-2-4-10-13(8)15(20)17(14(10)19)11-6-5-9(16)7-12(11)18/h2-3,5-8,10,13,18H,4H2,1H3/t8-,10-,13+/m0/s1. The third-order valence-electron chi connectivity index (χ3n) is 4.05. The van der Waals surface area contributed by atoms with E-state index in [0.29, 0.717) is 11.4 Å². The monoisotopic (exact) mass is 291 g/mol. The predicted octanol–water partition coefficient (Wildman–Crippen LogP) is 2.75. The zero-order chi connectivity index (χ0) is 14.4. The van der Waals surface area contributed by atoms with Crippen molar-refractivity contribution >= 4 is 29.1 Å². The largest absolute Gasteiger partial charge is 0.506 e. The highest BCUT2D eigenvalue weighted by Gasteiger charge is 2.50. The van der Waals surface area contributed by atoms with Crippen molar-refractivity contribution in [3.05, 3.63) is 35.4 Å². The number of amides is 2. The highest BCUT2D eigenvalue weighted by atomic mass is 35.5. The fraction of sp³-hybridized carbons (Fsp3) is 0.333. The number of hydrogen-bond acceptors (Lipinski definition) is 3. The Labute approximate surface area is 121 Å². The number of phenols is 1. The Morgan fingerprint density at radius 1 is 1.30 bits per heavy atom. The van der Waals surface area contributed by atoms with Crippen molar-refractivity contribution in [3.63, 3.8) is 0 Å². The topological polar surface area (TPSA) is 57.6 Å². The van der Waals surface area contributed by atoms with E-state index in [9.17, 15) is 14.7 Å². The Kier molecular flexibility index (Phi) is 3.05. The molecule has 1 fully saturated rings. The number of halogens is 1. The van der Waals surface area contributed by atoms with Crippen LogP contribution < -0.4 is 4.90 Å². The summed E-state index contributed by atoms with van der Waals surface area (Å²) < 4.78 is 0. The van der Waals surface area contributed by atoms with Gasteiger partial charge in [0.15, 0.2) is 0 Å². The zero-order valence-corrected chi connectivity index (χ0v) is 11.7. The Hall–Kier alpha value is -1.81. The van der Waals surface area contributed by atoms with Gasteiger partial charge in [0, 0.05) is 11.1 Å². The van der Waals surface area contributed by atoms with Crippen LogP contribution in [0.2, 0.25) is 5.02 Å². The smallest absolute Gasteiger partial charge is 0.238 e. The summed E-state index contributed by atoms with van der Waals surface area (Å²) in [6.45, 7) is 1.93. The van der Waals surface area contributed by atoms with E-state index in [2.05, 4.69) is 0 Å². The van der Waals surface area contributed by atoms with Crippen molar-refractivity contribution in [1.29, 1.82) is 0 Å². The molecule has 0 bridgehead atoms. The molecular formula is C15H14ClNO3. The summed E-state index contributed by atoms with van der Waals surface area (Å²) >= 11 is 5.78. The van der Waals surface area contributed by atoms with Gasteiger partial charge in [-0.2, -0.15) is 0 Å². The third-order valence-corrected chi connectivity index (χ3v) is 4.29. The van der Waals surface area contributed by atoms with Gasteiger partial charge in [-0.05, 0) is 24.5 Å². The molecule has 1 aliphatic carbocycles. The lowest BCUT2D eigenvalue weighted by Gasteiger charge is -2.22. The molecule has 0 spiro atoms. The molecule has 5 heteroatoms. The number of carbonyl (C=O) groups excluding carboxylic acids is 2. The lowest BCUT2D eigenvalue weighted by atomic mass is 9.78. The van der Waals surface area contributed by atoms with Crippen molar-refractivity contribution in [2.45, 2.75) is 13.3 Å². The summed E-state index contributed by atoms with van der Waals surface area (Å²) in [4.78, 5) is 26.1. The van der Waals surface area contributed by atoms with Gasteiger partial charge < -0.3 is 5.11 Å². The van der Waals surface area contributed by atoms with E-state index in [1.165, 1.54) is 12.1 Å². The van der Waals surface area contributed by atoms with E-state index in [-0.39, 0.29) is 41.0 Å². The number of aromatic hydroxyl groups is 1. The van der Waals surface area contributed by atoms with E-state index in [1.54, 1.807) is 6.07 Å². The molecule has 1 saturated heterocycles. The molecule has 104 valence electrons. The molecule has 1 aromatic rings. The summed E-state index contributed by atoms with van der Waals surface area (Å²) in [5, 5.41) is 10.3. The quantitative estimate of drug-likeness (QED) is 0.639. The van der Waals surface area contributed by atoms with Crippen molar-refractivity contribution in [2.75, 3.05) is 4.90 Å². The second-order valence-corrected chi connectivity index (χ2v) is 5.74. The van der Waals surface area contributed by atoms with Crippen LogP contribution in [0.3, 0.4) is 0 Å². The number of carbonyl (C=O) groups is 2. The Morgan fingerprint density at radius 2 is 2.05 bits per heavy atom. The molecule has 3 atom stereocenters. The number of hydrogen-bond donors (Lipinski definition) is 1. The maximum absolute atomic E-state index is 12.5. The predicted molar refractivity (Wildman–Crippen MR) is 75.5 cm³/mol. The van der Waals surface area contributed by atoms with Crippen LogP contribution in [0.5, 0.6) is 5.75 Å². The molecule has 20 heavy (non-hydrogen) atoms. The van der Waals surface area contributed by atoms with Gasteiger partial charge in [-0.25, -0.2) is 4.90 Å². The van der Waals surface area contributed by atoms with Gasteiger partial charge in [0.25, 0.3) is 0 Å². The van der Waals surface area contributed by atoms with E-state index in [4.69, 9.17) is 11.6 Å². The minimum absolute atomic E-state index is 0.0321. The van der Waals surface area contributed by atoms with Crippen LogP contribution in [0, 0.1) is 17.8 Å². The molecule has 0 radical (unpaired) electrons. The SMILES string of the molecule is C[C@H]1C=CC[C@@H]2C(=O)N(c3ccc(Cl)cc3O)C(=O)[C@@H]21. The first-order chi connectivity index (χ1) is 9.50. The number of imide groups is 1. The van der Waals surface area contributed by atoms with Gasteiger partial charge in [-0.15, -0.1) is 0 Å². The molecule has 1 aliphatic heterocycles. The number of anilines is 1. The maximum atomic E-state index is 12.5. The molecule has 3 rings (SSSR count). The highest BCUT2D eigenvalue weighted by Crippen LogP contribution is 2.42. The minimum Gasteiger partial charge on any atom is -0.506 e. The van der Waals surface area contributed by atoms with Crippen molar-refractivity contribution in [1.82, 2.24) is 0 Å². The minimum atomic E-state index is -0.331. The molecule has 2 aliphatic rings. The van der Waals surface area contributed by atoms with Crippen molar-refractivity contribution in [3.8, 4) is 5.75 Å². The van der Waals surface area contributed by atoms with Gasteiger partial charge >= 0.3 is 0 Å². The normalized spacial score (nSPS) is 28.9. The number of fused-ring (bicyclic) bond motifs is 1. The second kappa shape index (κ2) is 4.63. The van der Waals surface area contributed by atoms with Crippen LogP contribution in [-0.4, -0.2) is 16.9 Å². The van der Waals surface area contributed by atoms with E-state index in [0.717, 1.165) is 4.90 Å². The first-order valence-corrected chi connectivity index (χ1v) is 6.91. The first-order valence-electron chi connectivity index (χ1n) is 6.53. The van der Waals surface area contributed by atoms with E-state index < -0.39 is 0 Å². The van der Waals surface area contributed by atoms with Crippen LogP contribution in [-0.2, 0) is 9.59 Å². The molecular weight excluding hydrogens is 278 g/mol. The van der Waals surface area contributed by atoms with Gasteiger partial charge in [0.2, 0.25) is 11.8 Å². The first kappa shape index (κ1) is 13.2. The summed E-state index contributed by atoms with van der Waals surface area (Å²) in [7, 11) is 0. The van der Waals surface area contributed by atoms with Gasteiger partial charge in [-0.1, -0.05) is 30.7 Å². The fourth-order valence-corrected chi connectivity index (χ4v) is 3.24. The number of nitrogens with zero attached hydrogens (tertiary/aromatic N) is 1. The molecule has 0 unspecified atom stereocenters. The molecule has 1 aromatic carbocycles. The van der Waals surface area contributed by atoms with Crippen molar-refractivity contribution in [2.24, 2.45) is 17.8 Å².